The molecule has 15 heavy (non-hydrogen) atoms. The minimum Gasteiger partial charge on any atom is -0.368 e. The molecule has 2 rings (SSSR count). The van der Waals surface area contributed by atoms with Crippen molar-refractivity contribution in [2.45, 2.75) is 38.8 Å². The standard InChI is InChI=1S/C12H19N3/c1-2-7-15(11-3-4-11)12-5-6-14-10(8-12)9-13/h5-6,8,11H,2-4,7,9,13H2,1H3. The molecule has 0 bridgehead atoms. The van der Waals surface area contributed by atoms with Crippen molar-refractivity contribution >= 4 is 5.69 Å². The van der Waals surface area contributed by atoms with Gasteiger partial charge in [-0.3, -0.25) is 4.98 Å². The second-order valence-corrected chi connectivity index (χ2v) is 4.13. The zero-order valence-electron chi connectivity index (χ0n) is 9.32. The third-order valence-electron chi connectivity index (χ3n) is 2.79. The summed E-state index contributed by atoms with van der Waals surface area (Å²) in [6.07, 6.45) is 5.72. The Morgan fingerprint density at radius 3 is 2.93 bits per heavy atom. The van der Waals surface area contributed by atoms with Gasteiger partial charge in [-0.05, 0) is 31.4 Å². The highest BCUT2D eigenvalue weighted by molar-refractivity contribution is 5.48. The lowest BCUT2D eigenvalue weighted by Gasteiger charge is -2.24. The zero-order valence-corrected chi connectivity index (χ0v) is 9.32. The highest BCUT2D eigenvalue weighted by atomic mass is 15.2. The largest absolute Gasteiger partial charge is 0.368 e. The maximum atomic E-state index is 5.60. The molecule has 3 heteroatoms. The molecule has 0 saturated heterocycles. The van der Waals surface area contributed by atoms with E-state index in [2.05, 4.69) is 28.9 Å². The van der Waals surface area contributed by atoms with Crippen LogP contribution < -0.4 is 10.6 Å². The minimum absolute atomic E-state index is 0.526. The lowest BCUT2D eigenvalue weighted by molar-refractivity contribution is 0.760. The number of anilines is 1. The summed E-state index contributed by atoms with van der Waals surface area (Å²) in [6, 6.07) is 4.97. The molecule has 1 aromatic heterocycles. The van der Waals surface area contributed by atoms with Gasteiger partial charge in [0, 0.05) is 31.0 Å². The molecule has 0 unspecified atom stereocenters. The number of hydrogen-bond donors (Lipinski definition) is 1. The molecule has 0 aromatic carbocycles. The normalized spacial score (nSPS) is 15.3. The van der Waals surface area contributed by atoms with Crippen molar-refractivity contribution in [2.24, 2.45) is 5.73 Å². The molecule has 1 aliphatic rings. The van der Waals surface area contributed by atoms with Gasteiger partial charge in [0.25, 0.3) is 0 Å². The van der Waals surface area contributed by atoms with Gasteiger partial charge < -0.3 is 10.6 Å². The van der Waals surface area contributed by atoms with Gasteiger partial charge in [0.1, 0.15) is 0 Å². The Balaban J connectivity index is 2.16. The van der Waals surface area contributed by atoms with E-state index in [9.17, 15) is 0 Å². The van der Waals surface area contributed by atoms with Crippen molar-refractivity contribution in [1.82, 2.24) is 4.98 Å². The molecule has 0 aliphatic heterocycles. The fourth-order valence-corrected chi connectivity index (χ4v) is 1.91. The van der Waals surface area contributed by atoms with Crippen LogP contribution in [-0.4, -0.2) is 17.6 Å². The van der Waals surface area contributed by atoms with Crippen LogP contribution in [0.25, 0.3) is 0 Å². The quantitative estimate of drug-likeness (QED) is 0.798. The molecule has 1 saturated carbocycles. The second-order valence-electron chi connectivity index (χ2n) is 4.13. The minimum atomic E-state index is 0.526. The Morgan fingerprint density at radius 1 is 1.53 bits per heavy atom. The van der Waals surface area contributed by atoms with Crippen LogP contribution in [0.3, 0.4) is 0 Å². The Kier molecular flexibility index (Phi) is 3.21. The number of nitrogens with zero attached hydrogens (tertiary/aromatic N) is 2. The van der Waals surface area contributed by atoms with Crippen LogP contribution in [0, 0.1) is 0 Å². The van der Waals surface area contributed by atoms with E-state index < -0.39 is 0 Å². The molecular formula is C12H19N3. The molecule has 3 nitrogen and oxygen atoms in total. The molecule has 2 N–H and O–H groups in total. The topological polar surface area (TPSA) is 42.2 Å². The highest BCUT2D eigenvalue weighted by Gasteiger charge is 2.28. The highest BCUT2D eigenvalue weighted by Crippen LogP contribution is 2.31. The fourth-order valence-electron chi connectivity index (χ4n) is 1.91. The van der Waals surface area contributed by atoms with Gasteiger partial charge in [-0.1, -0.05) is 6.92 Å². The molecule has 0 atom stereocenters. The van der Waals surface area contributed by atoms with E-state index in [1.807, 2.05) is 6.20 Å². The first-order valence-corrected chi connectivity index (χ1v) is 5.76. The van der Waals surface area contributed by atoms with Crippen molar-refractivity contribution in [3.63, 3.8) is 0 Å². The summed E-state index contributed by atoms with van der Waals surface area (Å²) in [4.78, 5) is 6.72. The van der Waals surface area contributed by atoms with E-state index >= 15 is 0 Å². The van der Waals surface area contributed by atoms with Crippen LogP contribution in [0.2, 0.25) is 0 Å². The van der Waals surface area contributed by atoms with Gasteiger partial charge in [0.05, 0.1) is 5.69 Å². The lowest BCUT2D eigenvalue weighted by Crippen LogP contribution is -2.26. The van der Waals surface area contributed by atoms with E-state index in [-0.39, 0.29) is 0 Å². The molecular weight excluding hydrogens is 186 g/mol. The van der Waals surface area contributed by atoms with Gasteiger partial charge in [-0.15, -0.1) is 0 Å². The Bertz CT molecular complexity index is 320. The van der Waals surface area contributed by atoms with E-state index in [4.69, 9.17) is 5.73 Å². The third kappa shape index (κ3) is 2.48. The van der Waals surface area contributed by atoms with E-state index in [0.29, 0.717) is 6.54 Å². The van der Waals surface area contributed by atoms with Crippen LogP contribution in [-0.2, 0) is 6.54 Å². The van der Waals surface area contributed by atoms with Crippen molar-refractivity contribution in [3.05, 3.63) is 24.0 Å². The molecule has 0 spiro atoms. The zero-order chi connectivity index (χ0) is 10.7. The van der Waals surface area contributed by atoms with Crippen LogP contribution in [0.5, 0.6) is 0 Å². The van der Waals surface area contributed by atoms with Gasteiger partial charge in [-0.2, -0.15) is 0 Å². The molecule has 1 aliphatic carbocycles. The summed E-state index contributed by atoms with van der Waals surface area (Å²) >= 11 is 0. The van der Waals surface area contributed by atoms with E-state index in [1.165, 1.54) is 24.9 Å². The summed E-state index contributed by atoms with van der Waals surface area (Å²) in [6.45, 7) is 3.89. The number of nitrogens with two attached hydrogens (primary N) is 1. The van der Waals surface area contributed by atoms with Crippen molar-refractivity contribution in [2.75, 3.05) is 11.4 Å². The summed E-state index contributed by atoms with van der Waals surface area (Å²) in [7, 11) is 0. The maximum Gasteiger partial charge on any atom is 0.0560 e. The van der Waals surface area contributed by atoms with Crippen molar-refractivity contribution in [1.29, 1.82) is 0 Å². The summed E-state index contributed by atoms with van der Waals surface area (Å²) < 4.78 is 0. The lowest BCUT2D eigenvalue weighted by atomic mass is 10.2. The van der Waals surface area contributed by atoms with Gasteiger partial charge >= 0.3 is 0 Å². The van der Waals surface area contributed by atoms with Crippen molar-refractivity contribution < 1.29 is 0 Å². The average molecular weight is 205 g/mol. The molecule has 82 valence electrons. The Hall–Kier alpha value is -1.09. The van der Waals surface area contributed by atoms with Crippen molar-refractivity contribution in [3.8, 4) is 0 Å². The molecule has 1 heterocycles. The van der Waals surface area contributed by atoms with Gasteiger partial charge in [0.15, 0.2) is 0 Å². The monoisotopic (exact) mass is 205 g/mol. The second kappa shape index (κ2) is 4.62. The van der Waals surface area contributed by atoms with Crippen LogP contribution in [0.15, 0.2) is 18.3 Å². The summed E-state index contributed by atoms with van der Waals surface area (Å²) in [5, 5.41) is 0. The average Bonchev–Trinajstić information content (AvgIpc) is 3.10. The first kappa shape index (κ1) is 10.4. The maximum absolute atomic E-state index is 5.60. The SMILES string of the molecule is CCCN(c1ccnc(CN)c1)C1CC1. The molecule has 1 aromatic rings. The van der Waals surface area contributed by atoms with E-state index in [1.54, 1.807) is 0 Å². The van der Waals surface area contributed by atoms with Gasteiger partial charge in [-0.25, -0.2) is 0 Å². The first-order valence-electron chi connectivity index (χ1n) is 5.76. The number of rotatable bonds is 5. The van der Waals surface area contributed by atoms with Crippen LogP contribution in [0.4, 0.5) is 5.69 Å². The Morgan fingerprint density at radius 2 is 2.33 bits per heavy atom. The van der Waals surface area contributed by atoms with Gasteiger partial charge in [0.2, 0.25) is 0 Å². The van der Waals surface area contributed by atoms with E-state index in [0.717, 1.165) is 18.3 Å². The molecule has 0 radical (unpaired) electrons. The number of pyridine rings is 1. The third-order valence-corrected chi connectivity index (χ3v) is 2.79. The molecule has 1 fully saturated rings. The predicted molar refractivity (Wildman–Crippen MR) is 62.8 cm³/mol. The molecule has 0 amide bonds. The van der Waals surface area contributed by atoms with Crippen LogP contribution in [0.1, 0.15) is 31.9 Å². The summed E-state index contributed by atoms with van der Waals surface area (Å²) in [5.41, 5.74) is 7.87. The number of hydrogen-bond acceptors (Lipinski definition) is 3. The Labute approximate surface area is 91.3 Å². The van der Waals surface area contributed by atoms with Crippen LogP contribution >= 0.6 is 0 Å². The first-order chi connectivity index (χ1) is 7.35. The fraction of sp³-hybridized carbons (Fsp3) is 0.583. The predicted octanol–water partition coefficient (Wildman–Crippen LogP) is 1.92. The number of aromatic nitrogens is 1. The smallest absolute Gasteiger partial charge is 0.0560 e. The summed E-state index contributed by atoms with van der Waals surface area (Å²) in [5.74, 6) is 0.